The van der Waals surface area contributed by atoms with E-state index in [1.165, 1.54) is 0 Å². The van der Waals surface area contributed by atoms with E-state index in [0.717, 1.165) is 37.8 Å². The molecule has 1 aromatic heterocycles. The minimum atomic E-state index is 0. The van der Waals surface area contributed by atoms with Gasteiger partial charge in [0.25, 0.3) is 0 Å². The summed E-state index contributed by atoms with van der Waals surface area (Å²) in [6, 6.07) is 0. The zero-order valence-electron chi connectivity index (χ0n) is 8.94. The van der Waals surface area contributed by atoms with E-state index in [0.29, 0.717) is 5.02 Å². The number of nitrogens with one attached hydrogen (secondary N) is 1. The van der Waals surface area contributed by atoms with Gasteiger partial charge < -0.3 is 10.2 Å². The molecule has 2 heterocycles. The van der Waals surface area contributed by atoms with Crippen LogP contribution < -0.4 is 10.2 Å². The highest BCUT2D eigenvalue weighted by atomic mass is 35.5. The molecule has 0 aliphatic carbocycles. The Bertz CT molecular complexity index is 329. The van der Waals surface area contributed by atoms with E-state index in [1.807, 2.05) is 6.92 Å². The molecule has 0 saturated carbocycles. The van der Waals surface area contributed by atoms with Gasteiger partial charge in [-0.3, -0.25) is 0 Å². The van der Waals surface area contributed by atoms with Gasteiger partial charge in [0.1, 0.15) is 0 Å². The number of aromatic nitrogens is 2. The summed E-state index contributed by atoms with van der Waals surface area (Å²) in [4.78, 5) is 10.7. The summed E-state index contributed by atoms with van der Waals surface area (Å²) in [6.45, 7) is 5.80. The van der Waals surface area contributed by atoms with E-state index in [9.17, 15) is 0 Å². The second-order valence-electron chi connectivity index (χ2n) is 3.34. The lowest BCUT2D eigenvalue weighted by Crippen LogP contribution is -2.44. The zero-order chi connectivity index (χ0) is 9.97. The minimum absolute atomic E-state index is 0. The van der Waals surface area contributed by atoms with Crippen molar-refractivity contribution in [1.82, 2.24) is 15.3 Å². The Morgan fingerprint density at radius 1 is 1.31 bits per heavy atom. The Morgan fingerprint density at radius 3 is 2.50 bits per heavy atom. The fourth-order valence-electron chi connectivity index (χ4n) is 1.46. The average molecular weight is 286 g/mol. The third-order valence-corrected chi connectivity index (χ3v) is 2.68. The van der Waals surface area contributed by atoms with Crippen molar-refractivity contribution in [2.75, 3.05) is 31.1 Å². The van der Waals surface area contributed by atoms with Crippen molar-refractivity contribution in [2.24, 2.45) is 0 Å². The van der Waals surface area contributed by atoms with E-state index in [2.05, 4.69) is 20.2 Å². The SMILES string of the molecule is Cc1nc(N2CCNCC2)ncc1Cl.Cl.Cl. The number of aryl methyl sites for hydroxylation is 1. The molecule has 0 radical (unpaired) electrons. The van der Waals surface area contributed by atoms with E-state index in [1.54, 1.807) is 6.20 Å². The van der Waals surface area contributed by atoms with Crippen LogP contribution in [0.3, 0.4) is 0 Å². The molecule has 16 heavy (non-hydrogen) atoms. The van der Waals surface area contributed by atoms with Crippen molar-refractivity contribution in [3.63, 3.8) is 0 Å². The number of piperazine rings is 1. The maximum Gasteiger partial charge on any atom is 0.225 e. The predicted molar refractivity (Wildman–Crippen MR) is 71.4 cm³/mol. The maximum absolute atomic E-state index is 5.86. The van der Waals surface area contributed by atoms with Gasteiger partial charge in [-0.2, -0.15) is 0 Å². The predicted octanol–water partition coefficient (Wildman–Crippen LogP) is 1.69. The van der Waals surface area contributed by atoms with Crippen LogP contribution in [0, 0.1) is 6.92 Å². The van der Waals surface area contributed by atoms with Crippen molar-refractivity contribution < 1.29 is 0 Å². The zero-order valence-corrected chi connectivity index (χ0v) is 11.3. The molecular formula is C9H15Cl3N4. The van der Waals surface area contributed by atoms with Gasteiger partial charge in [-0.1, -0.05) is 11.6 Å². The summed E-state index contributed by atoms with van der Waals surface area (Å²) in [5, 5.41) is 3.92. The first kappa shape index (κ1) is 15.7. The van der Waals surface area contributed by atoms with Crippen LogP contribution >= 0.6 is 36.4 Å². The molecule has 0 atom stereocenters. The smallest absolute Gasteiger partial charge is 0.225 e. The number of anilines is 1. The second kappa shape index (κ2) is 7.12. The van der Waals surface area contributed by atoms with E-state index >= 15 is 0 Å². The molecule has 1 saturated heterocycles. The van der Waals surface area contributed by atoms with Crippen LogP contribution in [-0.4, -0.2) is 36.1 Å². The Morgan fingerprint density at radius 2 is 1.94 bits per heavy atom. The Hall–Kier alpha value is -0.290. The van der Waals surface area contributed by atoms with Crippen molar-refractivity contribution in [3.05, 3.63) is 16.9 Å². The monoisotopic (exact) mass is 284 g/mol. The summed E-state index contributed by atoms with van der Waals surface area (Å²) >= 11 is 5.86. The van der Waals surface area contributed by atoms with Crippen LogP contribution in [0.5, 0.6) is 0 Å². The number of nitrogens with zero attached hydrogens (tertiary/aromatic N) is 3. The van der Waals surface area contributed by atoms with Gasteiger partial charge >= 0.3 is 0 Å². The molecule has 0 bridgehead atoms. The van der Waals surface area contributed by atoms with Crippen LogP contribution in [0.4, 0.5) is 5.95 Å². The minimum Gasteiger partial charge on any atom is -0.338 e. The van der Waals surface area contributed by atoms with Crippen LogP contribution in [0.2, 0.25) is 5.02 Å². The third kappa shape index (κ3) is 3.63. The fraction of sp³-hybridized carbons (Fsp3) is 0.556. The Kier molecular flexibility index (Phi) is 6.99. The van der Waals surface area contributed by atoms with Gasteiger partial charge in [0.2, 0.25) is 5.95 Å². The largest absolute Gasteiger partial charge is 0.338 e. The van der Waals surface area contributed by atoms with Crippen molar-refractivity contribution >= 4 is 42.4 Å². The van der Waals surface area contributed by atoms with Crippen LogP contribution in [0.15, 0.2) is 6.20 Å². The van der Waals surface area contributed by atoms with Gasteiger partial charge in [-0.25, -0.2) is 9.97 Å². The first-order valence-corrected chi connectivity index (χ1v) is 5.10. The van der Waals surface area contributed by atoms with Gasteiger partial charge in [-0.15, -0.1) is 24.8 Å². The average Bonchev–Trinajstić information content (AvgIpc) is 2.23. The summed E-state index contributed by atoms with van der Waals surface area (Å²) in [5.74, 6) is 0.786. The molecule has 1 aromatic rings. The molecule has 0 aromatic carbocycles. The lowest BCUT2D eigenvalue weighted by Gasteiger charge is -2.27. The van der Waals surface area contributed by atoms with Crippen LogP contribution in [-0.2, 0) is 0 Å². The molecule has 1 aliphatic heterocycles. The molecule has 0 amide bonds. The van der Waals surface area contributed by atoms with E-state index < -0.39 is 0 Å². The normalized spacial score (nSPS) is 15.0. The lowest BCUT2D eigenvalue weighted by molar-refractivity contribution is 0.579. The standard InChI is InChI=1S/C9H13ClN4.2ClH/c1-7-8(10)6-12-9(13-7)14-4-2-11-3-5-14;;/h6,11H,2-5H2,1H3;2*1H. The summed E-state index contributed by atoms with van der Waals surface area (Å²) in [7, 11) is 0. The number of rotatable bonds is 1. The van der Waals surface area contributed by atoms with E-state index in [-0.39, 0.29) is 24.8 Å². The number of halogens is 3. The van der Waals surface area contributed by atoms with Crippen molar-refractivity contribution in [3.8, 4) is 0 Å². The molecule has 1 aliphatic rings. The molecule has 4 nitrogen and oxygen atoms in total. The highest BCUT2D eigenvalue weighted by Gasteiger charge is 2.13. The van der Waals surface area contributed by atoms with Gasteiger partial charge in [0.15, 0.2) is 0 Å². The van der Waals surface area contributed by atoms with E-state index in [4.69, 9.17) is 11.6 Å². The molecular weight excluding hydrogens is 270 g/mol. The topological polar surface area (TPSA) is 41.1 Å². The quantitative estimate of drug-likeness (QED) is 0.852. The van der Waals surface area contributed by atoms with Crippen LogP contribution in [0.1, 0.15) is 5.69 Å². The van der Waals surface area contributed by atoms with Crippen molar-refractivity contribution in [1.29, 1.82) is 0 Å². The van der Waals surface area contributed by atoms with Gasteiger partial charge in [0.05, 0.1) is 16.9 Å². The first-order chi connectivity index (χ1) is 6.77. The second-order valence-corrected chi connectivity index (χ2v) is 3.75. The number of hydrogen-bond acceptors (Lipinski definition) is 4. The molecule has 7 heteroatoms. The summed E-state index contributed by atoms with van der Waals surface area (Å²) in [6.07, 6.45) is 1.67. The summed E-state index contributed by atoms with van der Waals surface area (Å²) in [5.41, 5.74) is 0.843. The first-order valence-electron chi connectivity index (χ1n) is 4.72. The van der Waals surface area contributed by atoms with Gasteiger partial charge in [-0.05, 0) is 6.92 Å². The Balaban J connectivity index is 0.00000112. The molecule has 0 unspecified atom stereocenters. The molecule has 2 rings (SSSR count). The fourth-order valence-corrected chi connectivity index (χ4v) is 1.55. The number of hydrogen-bond donors (Lipinski definition) is 1. The molecule has 1 N–H and O–H groups in total. The lowest BCUT2D eigenvalue weighted by atomic mass is 10.4. The van der Waals surface area contributed by atoms with Gasteiger partial charge in [0, 0.05) is 26.2 Å². The third-order valence-electron chi connectivity index (χ3n) is 2.31. The molecule has 0 spiro atoms. The van der Waals surface area contributed by atoms with Crippen molar-refractivity contribution in [2.45, 2.75) is 6.92 Å². The maximum atomic E-state index is 5.86. The van der Waals surface area contributed by atoms with Crippen LogP contribution in [0.25, 0.3) is 0 Å². The Labute approximate surface area is 113 Å². The summed E-state index contributed by atoms with van der Waals surface area (Å²) < 4.78 is 0. The highest BCUT2D eigenvalue weighted by Crippen LogP contribution is 2.15. The highest BCUT2D eigenvalue weighted by molar-refractivity contribution is 6.31. The molecule has 1 fully saturated rings. The molecule has 92 valence electrons.